The van der Waals surface area contributed by atoms with Crippen LogP contribution in [0.25, 0.3) is 0 Å². The van der Waals surface area contributed by atoms with E-state index in [2.05, 4.69) is 65.7 Å². The predicted molar refractivity (Wildman–Crippen MR) is 155 cm³/mol. The van der Waals surface area contributed by atoms with Crippen LogP contribution in [0.3, 0.4) is 0 Å². The molecule has 0 aliphatic carbocycles. The van der Waals surface area contributed by atoms with Crippen molar-refractivity contribution in [1.29, 1.82) is 0 Å². The third-order valence-electron chi connectivity index (χ3n) is 7.69. The van der Waals surface area contributed by atoms with Crippen LogP contribution in [0.2, 0.25) is 0 Å². The highest BCUT2D eigenvalue weighted by atomic mass is 16.7. The van der Waals surface area contributed by atoms with Crippen molar-refractivity contribution in [2.24, 2.45) is 0 Å². The largest absolute Gasteiger partial charge is 0.454 e. The van der Waals surface area contributed by atoms with Crippen LogP contribution in [0.15, 0.2) is 42.7 Å². The summed E-state index contributed by atoms with van der Waals surface area (Å²) >= 11 is 0. The number of aldehydes is 1. The number of hydrogen-bond acceptors (Lipinski definition) is 7. The average Bonchev–Trinajstić information content (AvgIpc) is 3.59. The Labute approximate surface area is 230 Å². The second-order valence-electron chi connectivity index (χ2n) is 10.4. The Balaban J connectivity index is 0.000000279. The Kier molecular flexibility index (Phi) is 12.9. The van der Waals surface area contributed by atoms with E-state index in [1.54, 1.807) is 6.20 Å². The SMILES string of the molecule is CCCCN(C)c1cccnc1.CCCCN(CC)CCC1CC(c2ccc3c(c2)OCO3)CN1CC=O. The molecule has 0 saturated carbocycles. The summed E-state index contributed by atoms with van der Waals surface area (Å²) < 4.78 is 11.0. The molecule has 210 valence electrons. The zero-order valence-electron chi connectivity index (χ0n) is 24.0. The number of anilines is 1. The van der Waals surface area contributed by atoms with Crippen LogP contribution in [-0.4, -0.2) is 80.2 Å². The normalized spacial score (nSPS) is 18.3. The highest BCUT2D eigenvalue weighted by molar-refractivity contribution is 5.52. The fourth-order valence-corrected chi connectivity index (χ4v) is 5.26. The number of ether oxygens (including phenoxy) is 2. The number of pyridine rings is 1. The van der Waals surface area contributed by atoms with E-state index in [-0.39, 0.29) is 0 Å². The van der Waals surface area contributed by atoms with Gasteiger partial charge in [0, 0.05) is 32.4 Å². The van der Waals surface area contributed by atoms with Crippen LogP contribution in [-0.2, 0) is 4.79 Å². The van der Waals surface area contributed by atoms with Crippen molar-refractivity contribution in [3.05, 3.63) is 48.3 Å². The van der Waals surface area contributed by atoms with Crippen LogP contribution in [0.4, 0.5) is 5.69 Å². The van der Waals surface area contributed by atoms with Crippen molar-refractivity contribution in [3.63, 3.8) is 0 Å². The lowest BCUT2D eigenvalue weighted by atomic mass is 9.95. The lowest BCUT2D eigenvalue weighted by molar-refractivity contribution is -0.109. The van der Waals surface area contributed by atoms with Gasteiger partial charge < -0.3 is 24.1 Å². The summed E-state index contributed by atoms with van der Waals surface area (Å²) in [7, 11) is 2.10. The maximum Gasteiger partial charge on any atom is 0.231 e. The van der Waals surface area contributed by atoms with Gasteiger partial charge in [-0.25, -0.2) is 0 Å². The number of aromatic nitrogens is 1. The fraction of sp³-hybridized carbons (Fsp3) is 0.613. The summed E-state index contributed by atoms with van der Waals surface area (Å²) in [6.45, 7) is 13.0. The maximum absolute atomic E-state index is 11.1. The Morgan fingerprint density at radius 2 is 1.84 bits per heavy atom. The van der Waals surface area contributed by atoms with Gasteiger partial charge in [-0.3, -0.25) is 9.88 Å². The van der Waals surface area contributed by atoms with Gasteiger partial charge in [0.15, 0.2) is 11.5 Å². The first kappa shape index (κ1) is 29.9. The van der Waals surface area contributed by atoms with Gasteiger partial charge in [-0.15, -0.1) is 0 Å². The predicted octanol–water partition coefficient (Wildman–Crippen LogP) is 5.60. The molecule has 1 aromatic heterocycles. The summed E-state index contributed by atoms with van der Waals surface area (Å²) in [4.78, 5) is 22.4. The molecule has 2 unspecified atom stereocenters. The molecule has 0 amide bonds. The third-order valence-corrected chi connectivity index (χ3v) is 7.69. The molecule has 4 rings (SSSR count). The summed E-state index contributed by atoms with van der Waals surface area (Å²) in [5.74, 6) is 2.15. The molecule has 3 heterocycles. The fourth-order valence-electron chi connectivity index (χ4n) is 5.26. The zero-order chi connectivity index (χ0) is 27.2. The van der Waals surface area contributed by atoms with E-state index in [9.17, 15) is 4.79 Å². The molecule has 1 aromatic carbocycles. The number of rotatable bonds is 14. The zero-order valence-corrected chi connectivity index (χ0v) is 24.0. The highest BCUT2D eigenvalue weighted by Crippen LogP contribution is 2.39. The number of hydrogen-bond donors (Lipinski definition) is 0. The van der Waals surface area contributed by atoms with E-state index in [0.29, 0.717) is 25.3 Å². The topological polar surface area (TPSA) is 58.1 Å². The quantitative estimate of drug-likeness (QED) is 0.298. The van der Waals surface area contributed by atoms with E-state index < -0.39 is 0 Å². The summed E-state index contributed by atoms with van der Waals surface area (Å²) in [5.41, 5.74) is 2.50. The van der Waals surface area contributed by atoms with E-state index in [4.69, 9.17) is 9.47 Å². The van der Waals surface area contributed by atoms with E-state index in [1.807, 2.05) is 18.3 Å². The number of fused-ring (bicyclic) bond motifs is 1. The van der Waals surface area contributed by atoms with Gasteiger partial charge in [0.1, 0.15) is 6.29 Å². The van der Waals surface area contributed by atoms with Crippen molar-refractivity contribution in [1.82, 2.24) is 14.8 Å². The van der Waals surface area contributed by atoms with E-state index in [1.165, 1.54) is 43.5 Å². The van der Waals surface area contributed by atoms with Gasteiger partial charge in [-0.1, -0.05) is 39.7 Å². The Hall–Kier alpha value is -2.64. The minimum Gasteiger partial charge on any atom is -0.454 e. The number of carbonyl (C=O) groups excluding carboxylic acids is 1. The lowest BCUT2D eigenvalue weighted by Gasteiger charge is -2.26. The van der Waals surface area contributed by atoms with Gasteiger partial charge in [-0.05, 0) is 81.1 Å². The van der Waals surface area contributed by atoms with Crippen LogP contribution >= 0.6 is 0 Å². The van der Waals surface area contributed by atoms with Gasteiger partial charge in [0.2, 0.25) is 6.79 Å². The molecule has 0 bridgehead atoms. The van der Waals surface area contributed by atoms with Crippen molar-refractivity contribution < 1.29 is 14.3 Å². The molecule has 38 heavy (non-hydrogen) atoms. The van der Waals surface area contributed by atoms with E-state index >= 15 is 0 Å². The molecule has 0 radical (unpaired) electrons. The van der Waals surface area contributed by atoms with Crippen molar-refractivity contribution in [2.75, 3.05) is 58.0 Å². The van der Waals surface area contributed by atoms with Crippen LogP contribution < -0.4 is 14.4 Å². The van der Waals surface area contributed by atoms with Gasteiger partial charge >= 0.3 is 0 Å². The molecule has 1 fully saturated rings. The summed E-state index contributed by atoms with van der Waals surface area (Å²) in [6, 6.07) is 10.8. The lowest BCUT2D eigenvalue weighted by Crippen LogP contribution is -2.35. The standard InChI is InChI=1S/C21H32N2O3.C10H16N2/c1-3-5-9-22(4-2)10-8-19-13-18(15-23(19)11-12-24)17-6-7-20-21(14-17)26-16-25-20;1-3-4-8-12(2)10-6-5-7-11-9-10/h6-7,12,14,18-19H,3-5,8-11,13,15-16H2,1-2H3;5-7,9H,3-4,8H2,1-2H3. The molecule has 1 saturated heterocycles. The van der Waals surface area contributed by atoms with Crippen molar-refractivity contribution >= 4 is 12.0 Å². The van der Waals surface area contributed by atoms with Crippen LogP contribution in [0.1, 0.15) is 70.8 Å². The molecule has 0 N–H and O–H groups in total. The summed E-state index contributed by atoms with van der Waals surface area (Å²) in [5, 5.41) is 0. The molecular formula is C31H48N4O3. The van der Waals surface area contributed by atoms with Gasteiger partial charge in [0.25, 0.3) is 0 Å². The molecule has 0 spiro atoms. The molecular weight excluding hydrogens is 476 g/mol. The molecule has 7 nitrogen and oxygen atoms in total. The number of unbranched alkanes of at least 4 members (excludes halogenated alkanes) is 2. The smallest absolute Gasteiger partial charge is 0.231 e. The first-order valence-corrected chi connectivity index (χ1v) is 14.5. The van der Waals surface area contributed by atoms with Crippen LogP contribution in [0, 0.1) is 0 Å². The van der Waals surface area contributed by atoms with Crippen LogP contribution in [0.5, 0.6) is 11.5 Å². The summed E-state index contributed by atoms with van der Waals surface area (Å²) in [6.07, 6.45) is 12.0. The minimum absolute atomic E-state index is 0.313. The maximum atomic E-state index is 11.1. The number of carbonyl (C=O) groups is 1. The number of benzene rings is 1. The molecule has 7 heteroatoms. The second-order valence-corrected chi connectivity index (χ2v) is 10.4. The van der Waals surface area contributed by atoms with Crippen molar-refractivity contribution in [3.8, 4) is 11.5 Å². The molecule has 2 atom stereocenters. The Morgan fingerprint density at radius 3 is 2.55 bits per heavy atom. The molecule has 2 aliphatic heterocycles. The number of likely N-dealkylation sites (tertiary alicyclic amines) is 1. The third kappa shape index (κ3) is 8.98. The van der Waals surface area contributed by atoms with Crippen molar-refractivity contribution in [2.45, 2.75) is 71.3 Å². The van der Waals surface area contributed by atoms with Gasteiger partial charge in [-0.2, -0.15) is 0 Å². The first-order chi connectivity index (χ1) is 18.6. The second kappa shape index (κ2) is 16.4. The minimum atomic E-state index is 0.313. The average molecular weight is 525 g/mol. The van der Waals surface area contributed by atoms with Gasteiger partial charge in [0.05, 0.1) is 18.4 Å². The monoisotopic (exact) mass is 524 g/mol. The highest BCUT2D eigenvalue weighted by Gasteiger charge is 2.33. The Bertz CT molecular complexity index is 942. The number of nitrogens with zero attached hydrogens (tertiary/aromatic N) is 4. The Morgan fingerprint density at radius 1 is 1.05 bits per heavy atom. The molecule has 2 aromatic rings. The van der Waals surface area contributed by atoms with E-state index in [0.717, 1.165) is 56.8 Å². The first-order valence-electron chi connectivity index (χ1n) is 14.5. The molecule has 2 aliphatic rings.